The number of halogens is 1. The summed E-state index contributed by atoms with van der Waals surface area (Å²) in [5, 5.41) is 4.03. The number of ether oxygens (including phenoxy) is 2. The van der Waals surface area contributed by atoms with Crippen molar-refractivity contribution in [3.63, 3.8) is 0 Å². The Balaban J connectivity index is 2.25. The van der Waals surface area contributed by atoms with E-state index in [1.54, 1.807) is 13.0 Å². The van der Waals surface area contributed by atoms with Crippen LogP contribution < -0.4 is 4.74 Å². The minimum absolute atomic E-state index is 0.0606. The molecule has 0 saturated carbocycles. The topological polar surface area (TPSA) is 83.3 Å². The fraction of sp³-hybridized carbons (Fsp3) is 0.286. The van der Waals surface area contributed by atoms with Crippen molar-refractivity contribution in [2.45, 2.75) is 6.92 Å². The molecule has 0 N–H and O–H groups in total. The van der Waals surface area contributed by atoms with Crippen LogP contribution in [-0.4, -0.2) is 46.9 Å². The van der Waals surface area contributed by atoms with Crippen molar-refractivity contribution < 1.29 is 23.5 Å². The maximum Gasteiger partial charge on any atom is 0.359 e. The van der Waals surface area contributed by atoms with E-state index in [2.05, 4.69) is 10.1 Å². The predicted molar refractivity (Wildman–Crippen MR) is 74.2 cm³/mol. The monoisotopic (exact) mass is 307 g/mol. The van der Waals surface area contributed by atoms with Gasteiger partial charge in [0.1, 0.15) is 13.3 Å². The molecule has 0 spiro atoms. The van der Waals surface area contributed by atoms with Crippen molar-refractivity contribution in [2.75, 3.05) is 19.9 Å². The average Bonchev–Trinajstić information content (AvgIpc) is 2.98. The van der Waals surface area contributed by atoms with Crippen LogP contribution in [0.15, 0.2) is 24.5 Å². The van der Waals surface area contributed by atoms with Gasteiger partial charge >= 0.3 is 5.97 Å². The van der Waals surface area contributed by atoms with Gasteiger partial charge in [-0.25, -0.2) is 18.9 Å². The van der Waals surface area contributed by atoms with Gasteiger partial charge in [-0.05, 0) is 13.0 Å². The Bertz CT molecular complexity index is 655. The molecule has 0 radical (unpaired) electrons. The van der Waals surface area contributed by atoms with E-state index in [-0.39, 0.29) is 30.4 Å². The molecule has 0 atom stereocenters. The zero-order chi connectivity index (χ0) is 15.9. The highest BCUT2D eigenvalue weighted by atomic mass is 19.1. The molecule has 8 heteroatoms. The lowest BCUT2D eigenvalue weighted by Gasteiger charge is -2.04. The Morgan fingerprint density at radius 3 is 2.86 bits per heavy atom. The predicted octanol–water partition coefficient (Wildman–Crippen LogP) is 1.60. The molecule has 116 valence electrons. The lowest BCUT2D eigenvalue weighted by molar-refractivity contribution is 0.0517. The second-order valence-corrected chi connectivity index (χ2v) is 4.11. The molecule has 0 aliphatic rings. The smallest absolute Gasteiger partial charge is 0.359 e. The quantitative estimate of drug-likeness (QED) is 0.571. The first-order chi connectivity index (χ1) is 10.7. The number of aldehydes is 1. The second-order valence-electron chi connectivity index (χ2n) is 4.11. The van der Waals surface area contributed by atoms with E-state index in [4.69, 9.17) is 9.47 Å². The van der Waals surface area contributed by atoms with Crippen LogP contribution in [0, 0.1) is 0 Å². The van der Waals surface area contributed by atoms with Crippen molar-refractivity contribution in [3.05, 3.63) is 35.8 Å². The largest absolute Gasteiger partial charge is 0.475 e. The van der Waals surface area contributed by atoms with Gasteiger partial charge in [0.05, 0.1) is 24.1 Å². The van der Waals surface area contributed by atoms with Crippen molar-refractivity contribution in [2.24, 2.45) is 0 Å². The molecule has 0 aliphatic heterocycles. The third-order valence-electron chi connectivity index (χ3n) is 2.65. The fourth-order valence-corrected chi connectivity index (χ4v) is 1.70. The number of alkyl halides is 1. The fourth-order valence-electron chi connectivity index (χ4n) is 1.70. The highest BCUT2D eigenvalue weighted by Gasteiger charge is 2.18. The molecule has 0 fully saturated rings. The van der Waals surface area contributed by atoms with Crippen LogP contribution in [0.2, 0.25) is 0 Å². The van der Waals surface area contributed by atoms with E-state index in [9.17, 15) is 14.0 Å². The van der Waals surface area contributed by atoms with Crippen molar-refractivity contribution >= 4 is 12.3 Å². The summed E-state index contributed by atoms with van der Waals surface area (Å²) in [6, 6.07) is 3.16. The number of pyridine rings is 1. The normalized spacial score (nSPS) is 10.3. The maximum absolute atomic E-state index is 12.0. The van der Waals surface area contributed by atoms with E-state index >= 15 is 0 Å². The molecule has 0 amide bonds. The molecule has 22 heavy (non-hydrogen) atoms. The number of carbonyl (C=O) groups excluding carboxylic acids is 2. The molecule has 0 unspecified atom stereocenters. The van der Waals surface area contributed by atoms with Gasteiger partial charge in [0, 0.05) is 12.3 Å². The molecule has 2 heterocycles. The average molecular weight is 307 g/mol. The standard InChI is InChI=1S/C14H14FN3O4/c1-2-21-14(20)13-10(9-19)8-18(17-13)11-3-4-12(16-7-11)22-6-5-15/h3-4,7-9H,2,5-6H2,1H3. The van der Waals surface area contributed by atoms with Gasteiger partial charge in [0.2, 0.25) is 5.88 Å². The van der Waals surface area contributed by atoms with E-state index in [1.807, 2.05) is 0 Å². The molecule has 2 rings (SSSR count). The van der Waals surface area contributed by atoms with Gasteiger partial charge in [-0.1, -0.05) is 0 Å². The summed E-state index contributed by atoms with van der Waals surface area (Å²) in [7, 11) is 0. The highest BCUT2D eigenvalue weighted by molar-refractivity contribution is 5.96. The Morgan fingerprint density at radius 1 is 1.45 bits per heavy atom. The summed E-state index contributed by atoms with van der Waals surface area (Å²) in [4.78, 5) is 26.7. The number of rotatable bonds is 7. The van der Waals surface area contributed by atoms with Crippen LogP contribution in [-0.2, 0) is 4.74 Å². The Labute approximate surface area is 125 Å². The number of hydrogen-bond acceptors (Lipinski definition) is 6. The third-order valence-corrected chi connectivity index (χ3v) is 2.65. The lowest BCUT2D eigenvalue weighted by atomic mass is 10.3. The van der Waals surface area contributed by atoms with E-state index in [0.29, 0.717) is 12.0 Å². The molecule has 0 saturated heterocycles. The van der Waals surface area contributed by atoms with Gasteiger partial charge < -0.3 is 9.47 Å². The number of hydrogen-bond donors (Lipinski definition) is 0. The number of esters is 1. The van der Waals surface area contributed by atoms with Gasteiger partial charge in [-0.15, -0.1) is 0 Å². The lowest BCUT2D eigenvalue weighted by Crippen LogP contribution is -2.08. The SMILES string of the molecule is CCOC(=O)c1nn(-c2ccc(OCCF)nc2)cc1C=O. The first kappa shape index (κ1) is 15.6. The number of nitrogens with zero attached hydrogens (tertiary/aromatic N) is 3. The summed E-state index contributed by atoms with van der Waals surface area (Å²) in [5.41, 5.74) is 0.581. The molecule has 0 aliphatic carbocycles. The van der Waals surface area contributed by atoms with E-state index < -0.39 is 12.6 Å². The zero-order valence-corrected chi connectivity index (χ0v) is 11.9. The second kappa shape index (κ2) is 7.30. The van der Waals surface area contributed by atoms with E-state index in [1.165, 1.54) is 23.1 Å². The van der Waals surface area contributed by atoms with Gasteiger partial charge in [-0.2, -0.15) is 5.10 Å². The van der Waals surface area contributed by atoms with Crippen molar-refractivity contribution in [1.29, 1.82) is 0 Å². The van der Waals surface area contributed by atoms with Crippen LogP contribution in [0.5, 0.6) is 5.88 Å². The zero-order valence-electron chi connectivity index (χ0n) is 11.9. The molecule has 7 nitrogen and oxygen atoms in total. The van der Waals surface area contributed by atoms with Crippen LogP contribution in [0.4, 0.5) is 4.39 Å². The molecule has 2 aromatic rings. The Hall–Kier alpha value is -2.77. The maximum atomic E-state index is 12.0. The first-order valence-electron chi connectivity index (χ1n) is 6.56. The summed E-state index contributed by atoms with van der Waals surface area (Å²) in [5.74, 6) is -0.394. The van der Waals surface area contributed by atoms with Crippen LogP contribution in [0.3, 0.4) is 0 Å². The molecule has 2 aromatic heterocycles. The summed E-state index contributed by atoms with van der Waals surface area (Å²) in [6.07, 6.45) is 3.37. The van der Waals surface area contributed by atoms with E-state index in [0.717, 1.165) is 0 Å². The van der Waals surface area contributed by atoms with Crippen molar-refractivity contribution in [3.8, 4) is 11.6 Å². The highest BCUT2D eigenvalue weighted by Crippen LogP contribution is 2.14. The van der Waals surface area contributed by atoms with Gasteiger partial charge in [-0.3, -0.25) is 4.79 Å². The summed E-state index contributed by atoms with van der Waals surface area (Å²) >= 11 is 0. The molecule has 0 aromatic carbocycles. The minimum Gasteiger partial charge on any atom is -0.475 e. The van der Waals surface area contributed by atoms with Crippen LogP contribution in [0.25, 0.3) is 5.69 Å². The number of aromatic nitrogens is 3. The molecule has 0 bridgehead atoms. The van der Waals surface area contributed by atoms with Gasteiger partial charge in [0.15, 0.2) is 12.0 Å². The van der Waals surface area contributed by atoms with Crippen LogP contribution >= 0.6 is 0 Å². The molecular weight excluding hydrogens is 293 g/mol. The summed E-state index contributed by atoms with van der Waals surface area (Å²) in [6.45, 7) is 1.17. The number of carbonyl (C=O) groups is 2. The van der Waals surface area contributed by atoms with Gasteiger partial charge in [0.25, 0.3) is 0 Å². The summed E-state index contributed by atoms with van der Waals surface area (Å²) < 4.78 is 23.2. The Kier molecular flexibility index (Phi) is 5.18. The third kappa shape index (κ3) is 3.46. The van der Waals surface area contributed by atoms with Crippen LogP contribution in [0.1, 0.15) is 27.8 Å². The molecular formula is C14H14FN3O4. The Morgan fingerprint density at radius 2 is 2.27 bits per heavy atom. The first-order valence-corrected chi connectivity index (χ1v) is 6.56. The van der Waals surface area contributed by atoms with Crippen molar-refractivity contribution in [1.82, 2.24) is 14.8 Å². The minimum atomic E-state index is -0.667.